The molecule has 8 heteroatoms. The molecule has 0 bridgehead atoms. The molecule has 1 aromatic heterocycles. The summed E-state index contributed by atoms with van der Waals surface area (Å²) in [6.45, 7) is 0. The van der Waals surface area contributed by atoms with E-state index in [4.69, 9.17) is 5.73 Å². The molecule has 0 saturated carbocycles. The van der Waals surface area contributed by atoms with Crippen LogP contribution in [-0.2, 0) is 9.84 Å². The second-order valence-electron chi connectivity index (χ2n) is 4.00. The first-order valence-electron chi connectivity index (χ1n) is 5.57. The summed E-state index contributed by atoms with van der Waals surface area (Å²) in [5.74, 6) is 0. The van der Waals surface area contributed by atoms with E-state index in [0.29, 0.717) is 5.56 Å². The maximum Gasteiger partial charge on any atom is 0.269 e. The van der Waals surface area contributed by atoms with Crippen LogP contribution in [0.5, 0.6) is 0 Å². The molecule has 0 saturated heterocycles. The monoisotopic (exact) mass is 293 g/mol. The molecule has 0 radical (unpaired) electrons. The van der Waals surface area contributed by atoms with Gasteiger partial charge in [0.05, 0.1) is 9.82 Å². The van der Waals surface area contributed by atoms with Crippen LogP contribution in [0, 0.1) is 10.1 Å². The van der Waals surface area contributed by atoms with Crippen molar-refractivity contribution in [1.82, 2.24) is 4.98 Å². The Morgan fingerprint density at radius 1 is 1.20 bits per heavy atom. The Morgan fingerprint density at radius 3 is 2.35 bits per heavy atom. The zero-order chi connectivity index (χ0) is 14.8. The number of hydrogen-bond acceptors (Lipinski definition) is 6. The molecule has 1 aromatic carbocycles. The van der Waals surface area contributed by atoms with Crippen molar-refractivity contribution in [2.24, 2.45) is 5.73 Å². The molecule has 0 fully saturated rings. The van der Waals surface area contributed by atoms with E-state index in [-0.39, 0.29) is 10.6 Å². The summed E-state index contributed by atoms with van der Waals surface area (Å²) in [5, 5.41) is 9.27. The highest BCUT2D eigenvalue weighted by Crippen LogP contribution is 2.25. The summed E-state index contributed by atoms with van der Waals surface area (Å²) in [7, 11) is -3.82. The van der Waals surface area contributed by atoms with Crippen molar-refractivity contribution >= 4 is 15.5 Å². The molecule has 1 heterocycles. The molecule has 2 N–H and O–H groups in total. The first kappa shape index (κ1) is 14.1. The zero-order valence-corrected chi connectivity index (χ0v) is 11.0. The number of nitro benzene ring substituents is 1. The van der Waals surface area contributed by atoms with Crippen LogP contribution in [0.2, 0.25) is 0 Å². The number of nitrogens with two attached hydrogens (primary N) is 1. The third-order valence-corrected chi connectivity index (χ3v) is 4.59. The Balaban J connectivity index is 2.37. The summed E-state index contributed by atoms with van der Waals surface area (Å²) in [6.07, 6.45) is 2.88. The van der Waals surface area contributed by atoms with E-state index >= 15 is 0 Å². The van der Waals surface area contributed by atoms with Crippen LogP contribution in [0.4, 0.5) is 5.69 Å². The molecular formula is C12H11N3O4S. The predicted octanol–water partition coefficient (Wildman–Crippen LogP) is 1.42. The Labute approximate surface area is 115 Å². The van der Waals surface area contributed by atoms with Gasteiger partial charge in [-0.3, -0.25) is 15.1 Å². The highest BCUT2D eigenvalue weighted by Gasteiger charge is 2.26. The van der Waals surface area contributed by atoms with Gasteiger partial charge in [0.15, 0.2) is 9.84 Å². The molecule has 7 nitrogen and oxygen atoms in total. The molecule has 20 heavy (non-hydrogen) atoms. The predicted molar refractivity (Wildman–Crippen MR) is 71.4 cm³/mol. The van der Waals surface area contributed by atoms with E-state index in [1.54, 1.807) is 12.1 Å². The molecule has 0 aliphatic heterocycles. The van der Waals surface area contributed by atoms with Crippen molar-refractivity contribution < 1.29 is 13.3 Å². The second kappa shape index (κ2) is 5.35. The van der Waals surface area contributed by atoms with Crippen molar-refractivity contribution in [3.8, 4) is 0 Å². The lowest BCUT2D eigenvalue weighted by Crippen LogP contribution is -2.22. The number of non-ortho nitro benzene ring substituents is 1. The van der Waals surface area contributed by atoms with Crippen LogP contribution in [-0.4, -0.2) is 18.3 Å². The number of nitro groups is 1. The minimum atomic E-state index is -3.82. The first-order valence-corrected chi connectivity index (χ1v) is 7.11. The molecule has 2 aromatic rings. The molecule has 104 valence electrons. The molecular weight excluding hydrogens is 282 g/mol. The first-order chi connectivity index (χ1) is 9.43. The number of rotatable bonds is 4. The zero-order valence-electron chi connectivity index (χ0n) is 10.2. The Kier molecular flexibility index (Phi) is 3.77. The van der Waals surface area contributed by atoms with Gasteiger partial charge in [-0.1, -0.05) is 6.07 Å². The smallest absolute Gasteiger partial charge is 0.269 e. The molecule has 1 unspecified atom stereocenters. The number of nitrogens with zero attached hydrogens (tertiary/aromatic N) is 2. The largest absolute Gasteiger partial charge is 0.311 e. The molecule has 0 amide bonds. The number of pyridine rings is 1. The molecule has 2 rings (SSSR count). The van der Waals surface area contributed by atoms with Gasteiger partial charge in [-0.2, -0.15) is 0 Å². The topological polar surface area (TPSA) is 116 Å². The SMILES string of the molecule is NC(c1cccnc1)S(=O)(=O)c1ccc([N+](=O)[O-])cc1. The summed E-state index contributed by atoms with van der Waals surface area (Å²) < 4.78 is 24.6. The lowest BCUT2D eigenvalue weighted by molar-refractivity contribution is -0.384. The fourth-order valence-electron chi connectivity index (χ4n) is 1.63. The van der Waals surface area contributed by atoms with E-state index in [1.807, 2.05) is 0 Å². The van der Waals surface area contributed by atoms with Gasteiger partial charge in [0, 0.05) is 30.1 Å². The van der Waals surface area contributed by atoms with Gasteiger partial charge in [0.2, 0.25) is 0 Å². The van der Waals surface area contributed by atoms with Gasteiger partial charge in [0.25, 0.3) is 5.69 Å². The Bertz CT molecular complexity index is 714. The van der Waals surface area contributed by atoms with Gasteiger partial charge in [-0.15, -0.1) is 0 Å². The van der Waals surface area contributed by atoms with Gasteiger partial charge in [0.1, 0.15) is 5.37 Å². The molecule has 0 spiro atoms. The average molecular weight is 293 g/mol. The third-order valence-electron chi connectivity index (χ3n) is 2.72. The molecule has 0 aliphatic rings. The van der Waals surface area contributed by atoms with Crippen molar-refractivity contribution in [2.45, 2.75) is 10.3 Å². The molecule has 0 aliphatic carbocycles. The number of sulfone groups is 1. The fraction of sp³-hybridized carbons (Fsp3) is 0.0833. The number of benzene rings is 1. The van der Waals surface area contributed by atoms with Gasteiger partial charge < -0.3 is 5.73 Å². The van der Waals surface area contributed by atoms with Gasteiger partial charge >= 0.3 is 0 Å². The number of aromatic nitrogens is 1. The van der Waals surface area contributed by atoms with E-state index in [0.717, 1.165) is 12.1 Å². The molecule has 1 atom stereocenters. The number of hydrogen-bond donors (Lipinski definition) is 1. The lowest BCUT2D eigenvalue weighted by atomic mass is 10.3. The minimum Gasteiger partial charge on any atom is -0.311 e. The second-order valence-corrected chi connectivity index (χ2v) is 6.07. The maximum atomic E-state index is 12.3. The lowest BCUT2D eigenvalue weighted by Gasteiger charge is -2.12. The van der Waals surface area contributed by atoms with Crippen LogP contribution in [0.1, 0.15) is 10.9 Å². The third kappa shape index (κ3) is 2.65. The maximum absolute atomic E-state index is 12.3. The van der Waals surface area contributed by atoms with Crippen LogP contribution in [0.3, 0.4) is 0 Å². The Hall–Kier alpha value is -2.32. The van der Waals surface area contributed by atoms with Gasteiger partial charge in [-0.05, 0) is 18.2 Å². The van der Waals surface area contributed by atoms with Crippen LogP contribution >= 0.6 is 0 Å². The summed E-state index contributed by atoms with van der Waals surface area (Å²) >= 11 is 0. The Morgan fingerprint density at radius 2 is 1.85 bits per heavy atom. The van der Waals surface area contributed by atoms with Crippen molar-refractivity contribution in [1.29, 1.82) is 0 Å². The van der Waals surface area contributed by atoms with Gasteiger partial charge in [-0.25, -0.2) is 8.42 Å². The summed E-state index contributed by atoms with van der Waals surface area (Å²) in [6, 6.07) is 7.74. The summed E-state index contributed by atoms with van der Waals surface area (Å²) in [5.41, 5.74) is 5.91. The van der Waals surface area contributed by atoms with E-state index in [1.165, 1.54) is 24.5 Å². The normalized spacial score (nSPS) is 12.8. The van der Waals surface area contributed by atoms with Crippen LogP contribution < -0.4 is 5.73 Å². The highest BCUT2D eigenvalue weighted by molar-refractivity contribution is 7.91. The van der Waals surface area contributed by atoms with Crippen molar-refractivity contribution in [3.63, 3.8) is 0 Å². The van der Waals surface area contributed by atoms with E-state index in [2.05, 4.69) is 4.98 Å². The summed E-state index contributed by atoms with van der Waals surface area (Å²) in [4.78, 5) is 13.7. The van der Waals surface area contributed by atoms with E-state index < -0.39 is 20.1 Å². The van der Waals surface area contributed by atoms with Crippen LogP contribution in [0.25, 0.3) is 0 Å². The fourth-order valence-corrected chi connectivity index (χ4v) is 2.93. The highest BCUT2D eigenvalue weighted by atomic mass is 32.2. The quantitative estimate of drug-likeness (QED) is 0.673. The standard InChI is InChI=1S/C12H11N3O4S/c13-12(9-2-1-7-14-8-9)20(18,19)11-5-3-10(4-6-11)15(16)17/h1-8,12H,13H2. The van der Waals surface area contributed by atoms with Crippen molar-refractivity contribution in [2.75, 3.05) is 0 Å². The minimum absolute atomic E-state index is 0.0700. The average Bonchev–Trinajstić information content (AvgIpc) is 2.47. The van der Waals surface area contributed by atoms with Crippen molar-refractivity contribution in [3.05, 3.63) is 64.5 Å². The van der Waals surface area contributed by atoms with E-state index in [9.17, 15) is 18.5 Å². The van der Waals surface area contributed by atoms with Crippen LogP contribution in [0.15, 0.2) is 53.7 Å².